The van der Waals surface area contributed by atoms with Crippen molar-refractivity contribution in [3.8, 4) is 5.75 Å². The minimum Gasteiger partial charge on any atom is -0.496 e. The molecule has 0 spiro atoms. The normalized spacial score (nSPS) is 21.5. The van der Waals surface area contributed by atoms with E-state index in [1.54, 1.807) is 13.2 Å². The molecule has 1 aromatic rings. The fraction of sp³-hybridized carbons (Fsp3) is 0.538. The first-order valence-corrected chi connectivity index (χ1v) is 6.42. The lowest BCUT2D eigenvalue weighted by atomic mass is 9.88. The Morgan fingerprint density at radius 2 is 2.11 bits per heavy atom. The van der Waals surface area contributed by atoms with Gasteiger partial charge >= 0.3 is 0 Å². The maximum Gasteiger partial charge on any atom is 0.149 e. The Morgan fingerprint density at radius 3 is 2.67 bits per heavy atom. The van der Waals surface area contributed by atoms with E-state index in [2.05, 4.69) is 4.90 Å². The van der Waals surface area contributed by atoms with Crippen LogP contribution in [0.3, 0.4) is 0 Å². The summed E-state index contributed by atoms with van der Waals surface area (Å²) in [6.45, 7) is 3.28. The molecule has 0 radical (unpaired) electrons. The molecule has 2 aliphatic heterocycles. The SMILES string of the molecule is COc1ccc(Cl)c(F)c1C1CN(C2COC2)C1. The van der Waals surface area contributed by atoms with Crippen LogP contribution in [0.15, 0.2) is 12.1 Å². The Labute approximate surface area is 110 Å². The van der Waals surface area contributed by atoms with Gasteiger partial charge in [-0.2, -0.15) is 0 Å². The molecule has 0 aliphatic carbocycles. The summed E-state index contributed by atoms with van der Waals surface area (Å²) in [5.74, 6) is 0.413. The zero-order valence-electron chi connectivity index (χ0n) is 10.2. The molecule has 0 amide bonds. The van der Waals surface area contributed by atoms with Crippen molar-refractivity contribution in [2.75, 3.05) is 33.4 Å². The number of rotatable bonds is 3. The van der Waals surface area contributed by atoms with Crippen molar-refractivity contribution < 1.29 is 13.9 Å². The van der Waals surface area contributed by atoms with Crippen LogP contribution in [0.5, 0.6) is 5.75 Å². The molecule has 3 rings (SSSR count). The Balaban J connectivity index is 1.78. The van der Waals surface area contributed by atoms with Gasteiger partial charge in [0, 0.05) is 24.6 Å². The Hall–Kier alpha value is -0.840. The second kappa shape index (κ2) is 4.68. The molecule has 0 N–H and O–H groups in total. The highest BCUT2D eigenvalue weighted by molar-refractivity contribution is 6.30. The minimum absolute atomic E-state index is 0.163. The van der Waals surface area contributed by atoms with Gasteiger partial charge < -0.3 is 9.47 Å². The van der Waals surface area contributed by atoms with E-state index < -0.39 is 0 Å². The molecule has 2 saturated heterocycles. The number of likely N-dealkylation sites (tertiary alicyclic amines) is 1. The van der Waals surface area contributed by atoms with E-state index in [0.717, 1.165) is 26.3 Å². The maximum atomic E-state index is 14.1. The van der Waals surface area contributed by atoms with Crippen molar-refractivity contribution in [2.24, 2.45) is 0 Å². The molecule has 3 nitrogen and oxygen atoms in total. The topological polar surface area (TPSA) is 21.7 Å². The molecular formula is C13H15ClFNO2. The maximum absolute atomic E-state index is 14.1. The van der Waals surface area contributed by atoms with Gasteiger partial charge in [0.25, 0.3) is 0 Å². The molecule has 0 atom stereocenters. The van der Waals surface area contributed by atoms with Crippen molar-refractivity contribution in [3.63, 3.8) is 0 Å². The van der Waals surface area contributed by atoms with Gasteiger partial charge in [-0.05, 0) is 12.1 Å². The van der Waals surface area contributed by atoms with Gasteiger partial charge in [-0.25, -0.2) is 4.39 Å². The molecule has 0 bridgehead atoms. The average molecular weight is 272 g/mol. The number of hydrogen-bond acceptors (Lipinski definition) is 3. The third kappa shape index (κ3) is 1.88. The van der Waals surface area contributed by atoms with Crippen molar-refractivity contribution in [3.05, 3.63) is 28.5 Å². The first kappa shape index (κ1) is 12.2. The molecule has 2 heterocycles. The second-order valence-corrected chi connectivity index (χ2v) is 5.23. The number of nitrogens with zero attached hydrogens (tertiary/aromatic N) is 1. The van der Waals surface area contributed by atoms with Crippen molar-refractivity contribution in [2.45, 2.75) is 12.0 Å². The molecule has 0 aromatic heterocycles. The van der Waals surface area contributed by atoms with E-state index in [9.17, 15) is 4.39 Å². The number of methoxy groups -OCH3 is 1. The molecule has 0 saturated carbocycles. The zero-order chi connectivity index (χ0) is 12.7. The van der Waals surface area contributed by atoms with E-state index in [1.807, 2.05) is 0 Å². The van der Waals surface area contributed by atoms with Crippen LogP contribution in [-0.2, 0) is 4.74 Å². The van der Waals surface area contributed by atoms with Gasteiger partial charge in [0.05, 0.1) is 31.4 Å². The summed E-state index contributed by atoms with van der Waals surface area (Å²) in [6.07, 6.45) is 0. The fourth-order valence-electron chi connectivity index (χ4n) is 2.53. The average Bonchev–Trinajstić information content (AvgIpc) is 2.25. The van der Waals surface area contributed by atoms with Gasteiger partial charge in [-0.3, -0.25) is 4.90 Å². The van der Waals surface area contributed by atoms with E-state index in [1.165, 1.54) is 6.07 Å². The van der Waals surface area contributed by atoms with Crippen LogP contribution >= 0.6 is 11.6 Å². The Bertz CT molecular complexity index is 459. The summed E-state index contributed by atoms with van der Waals surface area (Å²) in [5, 5.41) is 0.163. The van der Waals surface area contributed by atoms with Crippen molar-refractivity contribution in [1.29, 1.82) is 0 Å². The Morgan fingerprint density at radius 1 is 1.39 bits per heavy atom. The van der Waals surface area contributed by atoms with Gasteiger partial charge in [-0.15, -0.1) is 0 Å². The molecule has 1 aromatic carbocycles. The quantitative estimate of drug-likeness (QED) is 0.842. The summed E-state index contributed by atoms with van der Waals surface area (Å²) in [4.78, 5) is 2.31. The summed E-state index contributed by atoms with van der Waals surface area (Å²) in [7, 11) is 1.56. The van der Waals surface area contributed by atoms with Crippen LogP contribution < -0.4 is 4.74 Å². The second-order valence-electron chi connectivity index (χ2n) is 4.82. The lowest BCUT2D eigenvalue weighted by Gasteiger charge is -2.47. The van der Waals surface area contributed by atoms with Crippen LogP contribution in [-0.4, -0.2) is 44.4 Å². The van der Waals surface area contributed by atoms with Gasteiger partial charge in [0.15, 0.2) is 0 Å². The fourth-order valence-corrected chi connectivity index (χ4v) is 2.70. The van der Waals surface area contributed by atoms with Crippen LogP contribution in [0.2, 0.25) is 5.02 Å². The number of ether oxygens (including phenoxy) is 2. The van der Waals surface area contributed by atoms with Gasteiger partial charge in [0.2, 0.25) is 0 Å². The molecule has 2 fully saturated rings. The van der Waals surface area contributed by atoms with Crippen LogP contribution in [0, 0.1) is 5.82 Å². The molecule has 18 heavy (non-hydrogen) atoms. The van der Waals surface area contributed by atoms with E-state index in [0.29, 0.717) is 17.4 Å². The molecule has 2 aliphatic rings. The molecule has 5 heteroatoms. The van der Waals surface area contributed by atoms with Crippen molar-refractivity contribution in [1.82, 2.24) is 4.90 Å². The van der Waals surface area contributed by atoms with Crippen LogP contribution in [0.1, 0.15) is 11.5 Å². The summed E-state index contributed by atoms with van der Waals surface area (Å²) in [6, 6.07) is 3.78. The summed E-state index contributed by atoms with van der Waals surface area (Å²) >= 11 is 5.84. The molecule has 0 unspecified atom stereocenters. The first-order chi connectivity index (χ1) is 8.70. The zero-order valence-corrected chi connectivity index (χ0v) is 10.9. The predicted molar refractivity (Wildman–Crippen MR) is 66.9 cm³/mol. The standard InChI is InChI=1S/C13H15ClFNO2/c1-17-11-3-2-10(14)13(15)12(11)8-4-16(5-8)9-6-18-7-9/h2-3,8-9H,4-7H2,1H3. The minimum atomic E-state index is -0.342. The smallest absolute Gasteiger partial charge is 0.149 e. The third-order valence-electron chi connectivity index (χ3n) is 3.77. The number of halogens is 2. The summed E-state index contributed by atoms with van der Waals surface area (Å²) < 4.78 is 24.5. The molecule has 98 valence electrons. The third-order valence-corrected chi connectivity index (χ3v) is 4.06. The first-order valence-electron chi connectivity index (χ1n) is 6.04. The van der Waals surface area contributed by atoms with Crippen molar-refractivity contribution >= 4 is 11.6 Å². The van der Waals surface area contributed by atoms with E-state index in [-0.39, 0.29) is 16.8 Å². The van der Waals surface area contributed by atoms with Gasteiger partial charge in [0.1, 0.15) is 11.6 Å². The number of benzene rings is 1. The monoisotopic (exact) mass is 271 g/mol. The van der Waals surface area contributed by atoms with Gasteiger partial charge in [-0.1, -0.05) is 11.6 Å². The van der Waals surface area contributed by atoms with Crippen LogP contribution in [0.4, 0.5) is 4.39 Å². The number of hydrogen-bond donors (Lipinski definition) is 0. The predicted octanol–water partition coefficient (Wildman–Crippen LogP) is 2.29. The van der Waals surface area contributed by atoms with Crippen LogP contribution in [0.25, 0.3) is 0 Å². The highest BCUT2D eigenvalue weighted by atomic mass is 35.5. The largest absolute Gasteiger partial charge is 0.496 e. The van der Waals surface area contributed by atoms with E-state index >= 15 is 0 Å². The lowest BCUT2D eigenvalue weighted by Crippen LogP contribution is -2.58. The summed E-state index contributed by atoms with van der Waals surface area (Å²) in [5.41, 5.74) is 0.612. The van der Waals surface area contributed by atoms with E-state index in [4.69, 9.17) is 21.1 Å². The Kier molecular flexibility index (Phi) is 3.18. The highest BCUT2D eigenvalue weighted by Gasteiger charge is 2.39. The lowest BCUT2D eigenvalue weighted by molar-refractivity contribution is -0.0910. The highest BCUT2D eigenvalue weighted by Crippen LogP contribution is 2.39. The molecular weight excluding hydrogens is 257 g/mol.